The molecule has 48 heavy (non-hydrogen) atoms. The van der Waals surface area contributed by atoms with E-state index in [4.69, 9.17) is 14.2 Å². The first-order chi connectivity index (χ1) is 23.3. The number of amides is 4. The monoisotopic (exact) mass is 655 g/mol. The molecule has 2 aliphatic heterocycles. The highest BCUT2D eigenvalue weighted by Gasteiger charge is 2.39. The Morgan fingerprint density at radius 1 is 1.00 bits per heavy atom. The standard InChI is InChI=1S/C35H34FN5O7/c1-46-21-31(43)40-18-27(39-33(44)32-25-10-6-5-9-23(25)13-15-37-32)34(45)41(28-12-11-24(36)17-29(28)40)19-30(42)38-26-14-16-47-35(26)48-20-22-7-3-2-4-8-22/h2-13,15,17,26-27,35H,14,16,18-21H2,1H3,(H,38,42)(H,39,44)/t26-,27-,35?/m0/s1. The zero-order valence-corrected chi connectivity index (χ0v) is 26.1. The van der Waals surface area contributed by atoms with E-state index in [2.05, 4.69) is 15.6 Å². The van der Waals surface area contributed by atoms with Gasteiger partial charge in [-0.1, -0.05) is 54.6 Å². The maximum atomic E-state index is 14.7. The average molecular weight is 656 g/mol. The molecule has 248 valence electrons. The van der Waals surface area contributed by atoms with Crippen LogP contribution < -0.4 is 20.4 Å². The molecule has 1 fully saturated rings. The second kappa shape index (κ2) is 14.7. The number of nitrogens with one attached hydrogen (secondary N) is 2. The highest BCUT2D eigenvalue weighted by molar-refractivity contribution is 6.12. The maximum Gasteiger partial charge on any atom is 0.271 e. The summed E-state index contributed by atoms with van der Waals surface area (Å²) in [6, 6.07) is 20.2. The first-order valence-electron chi connectivity index (χ1n) is 15.4. The minimum atomic E-state index is -1.33. The quantitative estimate of drug-likeness (QED) is 0.266. The van der Waals surface area contributed by atoms with E-state index in [1.54, 1.807) is 18.2 Å². The molecule has 4 aromatic rings. The zero-order chi connectivity index (χ0) is 33.6. The third kappa shape index (κ3) is 7.18. The smallest absolute Gasteiger partial charge is 0.271 e. The van der Waals surface area contributed by atoms with Crippen LogP contribution in [0.25, 0.3) is 10.8 Å². The van der Waals surface area contributed by atoms with Gasteiger partial charge in [-0.3, -0.25) is 29.1 Å². The van der Waals surface area contributed by atoms with Crippen LogP contribution in [0.15, 0.2) is 85.1 Å². The van der Waals surface area contributed by atoms with E-state index < -0.39 is 54.4 Å². The number of hydrogen-bond donors (Lipinski definition) is 2. The second-order valence-electron chi connectivity index (χ2n) is 11.4. The topological polar surface area (TPSA) is 139 Å². The summed E-state index contributed by atoms with van der Waals surface area (Å²) in [5, 5.41) is 6.95. The van der Waals surface area contributed by atoms with E-state index in [1.807, 2.05) is 42.5 Å². The molecule has 0 saturated carbocycles. The molecule has 6 rings (SSSR count). The highest BCUT2D eigenvalue weighted by atomic mass is 19.1. The Bertz CT molecular complexity index is 1820. The number of ether oxygens (including phenoxy) is 3. The summed E-state index contributed by atoms with van der Waals surface area (Å²) >= 11 is 0. The summed E-state index contributed by atoms with van der Waals surface area (Å²) in [5.41, 5.74) is 1.18. The molecule has 3 atom stereocenters. The maximum absolute atomic E-state index is 14.7. The van der Waals surface area contributed by atoms with Gasteiger partial charge in [0, 0.05) is 18.7 Å². The lowest BCUT2D eigenvalue weighted by atomic mass is 10.1. The number of methoxy groups -OCH3 is 1. The van der Waals surface area contributed by atoms with Crippen LogP contribution in [0.4, 0.5) is 15.8 Å². The molecule has 0 bridgehead atoms. The summed E-state index contributed by atoms with van der Waals surface area (Å²) in [6.07, 6.45) is 1.26. The van der Waals surface area contributed by atoms with Crippen LogP contribution in [-0.2, 0) is 35.2 Å². The summed E-state index contributed by atoms with van der Waals surface area (Å²) in [4.78, 5) is 61.3. The summed E-state index contributed by atoms with van der Waals surface area (Å²) in [7, 11) is 1.33. The lowest BCUT2D eigenvalue weighted by molar-refractivity contribution is -0.138. The number of carbonyl (C=O) groups excluding carboxylic acids is 4. The fourth-order valence-electron chi connectivity index (χ4n) is 5.86. The van der Waals surface area contributed by atoms with Crippen molar-refractivity contribution in [3.63, 3.8) is 0 Å². The Morgan fingerprint density at radius 3 is 2.60 bits per heavy atom. The van der Waals surface area contributed by atoms with Gasteiger partial charge in [0.05, 0.1) is 37.2 Å². The third-order valence-corrected chi connectivity index (χ3v) is 8.16. The van der Waals surface area contributed by atoms with Crippen LogP contribution in [0.2, 0.25) is 0 Å². The Morgan fingerprint density at radius 2 is 1.79 bits per heavy atom. The molecule has 1 unspecified atom stereocenters. The molecule has 3 aromatic carbocycles. The van der Waals surface area contributed by atoms with Gasteiger partial charge in [-0.25, -0.2) is 4.39 Å². The van der Waals surface area contributed by atoms with E-state index in [0.29, 0.717) is 18.4 Å². The van der Waals surface area contributed by atoms with Gasteiger partial charge < -0.3 is 29.7 Å². The largest absolute Gasteiger partial charge is 0.375 e. The Hall–Kier alpha value is -5.24. The number of carbonyl (C=O) groups is 4. The van der Waals surface area contributed by atoms with Crippen molar-refractivity contribution in [2.75, 3.05) is 43.2 Å². The molecular formula is C35H34FN5O7. The predicted molar refractivity (Wildman–Crippen MR) is 173 cm³/mol. The van der Waals surface area contributed by atoms with Crippen LogP contribution in [-0.4, -0.2) is 80.4 Å². The van der Waals surface area contributed by atoms with Gasteiger partial charge in [-0.05, 0) is 41.6 Å². The third-order valence-electron chi connectivity index (χ3n) is 8.16. The fraction of sp³-hybridized carbons (Fsp3) is 0.286. The van der Waals surface area contributed by atoms with Crippen molar-refractivity contribution in [3.8, 4) is 0 Å². The molecule has 1 saturated heterocycles. The molecular weight excluding hydrogens is 621 g/mol. The molecule has 0 spiro atoms. The Kier molecular flexibility index (Phi) is 9.99. The second-order valence-corrected chi connectivity index (χ2v) is 11.4. The van der Waals surface area contributed by atoms with Gasteiger partial charge in [0.15, 0.2) is 6.29 Å². The van der Waals surface area contributed by atoms with E-state index in [9.17, 15) is 23.6 Å². The predicted octanol–water partition coefficient (Wildman–Crippen LogP) is 2.95. The average Bonchev–Trinajstić information content (AvgIpc) is 3.50. The molecule has 4 amide bonds. The molecule has 2 N–H and O–H groups in total. The van der Waals surface area contributed by atoms with Crippen LogP contribution in [0, 0.1) is 5.82 Å². The summed E-state index contributed by atoms with van der Waals surface area (Å²) < 4.78 is 31.4. The fourth-order valence-corrected chi connectivity index (χ4v) is 5.86. The number of rotatable bonds is 10. The minimum Gasteiger partial charge on any atom is -0.375 e. The van der Waals surface area contributed by atoms with Crippen LogP contribution in [0.3, 0.4) is 0 Å². The highest BCUT2D eigenvalue weighted by Crippen LogP contribution is 2.34. The molecule has 1 aromatic heterocycles. The lowest BCUT2D eigenvalue weighted by Crippen LogP contribution is -2.55. The van der Waals surface area contributed by atoms with Crippen molar-refractivity contribution in [2.24, 2.45) is 0 Å². The van der Waals surface area contributed by atoms with Gasteiger partial charge in [-0.2, -0.15) is 0 Å². The number of aromatic nitrogens is 1. The van der Waals surface area contributed by atoms with Crippen LogP contribution in [0.5, 0.6) is 0 Å². The molecule has 3 heterocycles. The summed E-state index contributed by atoms with van der Waals surface area (Å²) in [6.45, 7) is -0.577. The van der Waals surface area contributed by atoms with Crippen molar-refractivity contribution in [3.05, 3.63) is 102 Å². The van der Waals surface area contributed by atoms with E-state index >= 15 is 0 Å². The van der Waals surface area contributed by atoms with E-state index in [-0.39, 0.29) is 36.8 Å². The molecule has 0 radical (unpaired) electrons. The zero-order valence-electron chi connectivity index (χ0n) is 26.1. The normalized spacial score (nSPS) is 19.1. The first-order valence-corrected chi connectivity index (χ1v) is 15.4. The molecule has 12 nitrogen and oxygen atoms in total. The number of hydrogen-bond acceptors (Lipinski definition) is 8. The SMILES string of the molecule is COCC(=O)N1C[C@H](NC(=O)c2nccc3ccccc23)C(=O)N(CC(=O)N[C@H]2CCOC2OCc2ccccc2)c2ccc(F)cc21. The number of fused-ring (bicyclic) bond motifs is 2. The van der Waals surface area contributed by atoms with E-state index in [1.165, 1.54) is 24.3 Å². The van der Waals surface area contributed by atoms with Crippen molar-refractivity contribution in [2.45, 2.75) is 31.4 Å². The molecule has 13 heteroatoms. The first kappa shape index (κ1) is 32.7. The van der Waals surface area contributed by atoms with Crippen molar-refractivity contribution >= 4 is 45.8 Å². The van der Waals surface area contributed by atoms with Gasteiger partial charge in [0.25, 0.3) is 17.7 Å². The van der Waals surface area contributed by atoms with E-state index in [0.717, 1.165) is 28.0 Å². The number of anilines is 2. The van der Waals surface area contributed by atoms with Gasteiger partial charge in [0.1, 0.15) is 30.7 Å². The van der Waals surface area contributed by atoms with Crippen molar-refractivity contribution in [1.29, 1.82) is 0 Å². The summed E-state index contributed by atoms with van der Waals surface area (Å²) in [5.74, 6) is -3.12. The minimum absolute atomic E-state index is 0.0477. The lowest BCUT2D eigenvalue weighted by Gasteiger charge is -2.26. The number of halogens is 1. The van der Waals surface area contributed by atoms with Crippen LogP contribution in [0.1, 0.15) is 22.5 Å². The number of nitrogens with zero attached hydrogens (tertiary/aromatic N) is 3. The number of pyridine rings is 1. The molecule has 2 aliphatic rings. The van der Waals surface area contributed by atoms with Crippen LogP contribution >= 0.6 is 0 Å². The number of benzene rings is 3. The Labute approximate surface area is 275 Å². The molecule has 0 aliphatic carbocycles. The Balaban J connectivity index is 1.26. The van der Waals surface area contributed by atoms with Crippen molar-refractivity contribution in [1.82, 2.24) is 15.6 Å². The van der Waals surface area contributed by atoms with Gasteiger partial charge in [-0.15, -0.1) is 0 Å². The van der Waals surface area contributed by atoms with Gasteiger partial charge in [0.2, 0.25) is 5.91 Å². The van der Waals surface area contributed by atoms with Crippen molar-refractivity contribution < 1.29 is 37.8 Å². The van der Waals surface area contributed by atoms with Gasteiger partial charge >= 0.3 is 0 Å².